The van der Waals surface area contributed by atoms with Gasteiger partial charge in [-0.15, -0.1) is 0 Å². The van der Waals surface area contributed by atoms with Gasteiger partial charge >= 0.3 is 31.1 Å². The van der Waals surface area contributed by atoms with E-state index in [4.69, 9.17) is 3.25 Å². The molecule has 0 aliphatic rings. The van der Waals surface area contributed by atoms with Gasteiger partial charge in [0.2, 0.25) is 0 Å². The van der Waals surface area contributed by atoms with Crippen molar-refractivity contribution < 1.29 is 31.1 Å². The fourth-order valence-corrected chi connectivity index (χ4v) is 0. The molecule has 0 saturated heterocycles. The molecule has 0 aromatic rings. The fraction of sp³-hybridized carbons (Fsp3) is 0. The van der Waals surface area contributed by atoms with Crippen molar-refractivity contribution in [2.45, 2.75) is 0 Å². The number of hydrogen-bond acceptors (Lipinski definition) is 1. The Kier molecular flexibility index (Phi) is 1.28. The summed E-state index contributed by atoms with van der Waals surface area (Å²) in [4.78, 5) is 0. The average molecular weight is 254 g/mol. The summed E-state index contributed by atoms with van der Waals surface area (Å²) in [5, 5.41) is 0. The molecule has 0 amide bonds. The fourth-order valence-electron chi connectivity index (χ4n) is 0. The van der Waals surface area contributed by atoms with Gasteiger partial charge in [0, 0.05) is 0 Å². The van der Waals surface area contributed by atoms with E-state index in [0.717, 1.165) is 0 Å². The van der Waals surface area contributed by atoms with E-state index in [0.29, 0.717) is 0 Å². The summed E-state index contributed by atoms with van der Waals surface area (Å²) < 4.78 is 38.4. The van der Waals surface area contributed by atoms with E-state index in [1.54, 1.807) is 0 Å². The van der Waals surface area contributed by atoms with Crippen LogP contribution in [0.25, 0.3) is 0 Å². The molecule has 0 aromatic carbocycles. The van der Waals surface area contributed by atoms with Crippen molar-refractivity contribution in [3.8, 4) is 0 Å². The zero-order valence-corrected chi connectivity index (χ0v) is 5.20. The summed E-state index contributed by atoms with van der Waals surface area (Å²) in [6, 6.07) is 0. The Morgan fingerprint density at radius 1 is 1.20 bits per heavy atom. The first kappa shape index (κ1) is 5.33. The summed E-state index contributed by atoms with van der Waals surface area (Å²) in [7, 11) is 0. The van der Waals surface area contributed by atoms with E-state index in [1.807, 2.05) is 0 Å². The molecular formula is F3OTa. The molecule has 0 rings (SSSR count). The van der Waals surface area contributed by atoms with Crippen molar-refractivity contribution in [2.24, 2.45) is 0 Å². The van der Waals surface area contributed by atoms with Crippen LogP contribution in [0.15, 0.2) is 0 Å². The Morgan fingerprint density at radius 2 is 1.20 bits per heavy atom. The van der Waals surface area contributed by atoms with Crippen molar-refractivity contribution in [1.82, 2.24) is 0 Å². The Hall–Kier alpha value is 0.330. The van der Waals surface area contributed by atoms with Crippen LogP contribution in [0, 0.1) is 0 Å². The van der Waals surface area contributed by atoms with Gasteiger partial charge in [-0.2, -0.15) is 0 Å². The molecule has 32 valence electrons. The first-order valence-electron chi connectivity index (χ1n) is 0.690. The Bertz CT molecular complexity index is 53.0. The molecule has 0 saturated carbocycles. The SMILES string of the molecule is [O]=[Ta]([F])([F])[F]. The topological polar surface area (TPSA) is 17.1 Å². The van der Waals surface area contributed by atoms with Gasteiger partial charge in [0.1, 0.15) is 0 Å². The summed E-state index contributed by atoms with van der Waals surface area (Å²) in [6.07, 6.45) is 0. The molecule has 1 nitrogen and oxygen atoms in total. The molecule has 5 heavy (non-hydrogen) atoms. The minimum absolute atomic E-state index is 6.97. The van der Waals surface area contributed by atoms with Crippen molar-refractivity contribution in [3.05, 3.63) is 0 Å². The van der Waals surface area contributed by atoms with E-state index in [9.17, 15) is 9.07 Å². The van der Waals surface area contributed by atoms with E-state index in [2.05, 4.69) is 0 Å². The second-order valence-corrected chi connectivity index (χ2v) is 3.26. The summed E-state index contributed by atoms with van der Waals surface area (Å²) in [6.45, 7) is 0. The summed E-state index contributed by atoms with van der Waals surface area (Å²) in [5.74, 6) is 0. The average Bonchev–Trinajstić information content (AvgIpc) is 0.722. The molecule has 0 unspecified atom stereocenters. The van der Waals surface area contributed by atoms with Gasteiger partial charge in [-0.1, -0.05) is 0 Å². The Morgan fingerprint density at radius 3 is 1.20 bits per heavy atom. The molecule has 0 N–H and O–H groups in total. The number of halogens is 3. The second kappa shape index (κ2) is 1.20. The van der Waals surface area contributed by atoms with Crippen LogP contribution in [0.4, 0.5) is 9.07 Å². The number of rotatable bonds is 0. The molecule has 0 radical (unpaired) electrons. The summed E-state index contributed by atoms with van der Waals surface area (Å²) >= 11 is -6.97. The zero-order chi connectivity index (χ0) is 4.50. The van der Waals surface area contributed by atoms with Crippen LogP contribution in [-0.2, 0) is 22.0 Å². The van der Waals surface area contributed by atoms with Gasteiger partial charge < -0.3 is 0 Å². The van der Waals surface area contributed by atoms with Gasteiger partial charge in [0.05, 0.1) is 0 Å². The molecule has 0 bridgehead atoms. The van der Waals surface area contributed by atoms with Crippen molar-refractivity contribution in [1.29, 1.82) is 0 Å². The third-order valence-corrected chi connectivity index (χ3v) is 0. The minimum atomic E-state index is -6.97. The van der Waals surface area contributed by atoms with Crippen LogP contribution in [0.5, 0.6) is 0 Å². The molecule has 0 fully saturated rings. The normalized spacial score (nSPS) is 11.8. The third kappa shape index (κ3) is 216. The first-order valence-corrected chi connectivity index (χ1v) is 5.65. The van der Waals surface area contributed by atoms with Gasteiger partial charge in [-0.3, -0.25) is 0 Å². The van der Waals surface area contributed by atoms with Crippen LogP contribution in [0.3, 0.4) is 0 Å². The van der Waals surface area contributed by atoms with Crippen molar-refractivity contribution in [2.75, 3.05) is 0 Å². The molecule has 0 atom stereocenters. The Balaban J connectivity index is 3.47. The monoisotopic (exact) mass is 254 g/mol. The van der Waals surface area contributed by atoms with E-state index in [-0.39, 0.29) is 0 Å². The van der Waals surface area contributed by atoms with Gasteiger partial charge in [-0.05, 0) is 0 Å². The molecule has 0 aromatic heterocycles. The predicted molar refractivity (Wildman–Crippen MR) is 4.01 cm³/mol. The van der Waals surface area contributed by atoms with Crippen LogP contribution < -0.4 is 0 Å². The third-order valence-electron chi connectivity index (χ3n) is 0. The van der Waals surface area contributed by atoms with E-state index in [1.165, 1.54) is 0 Å². The molecular weight excluding hydrogens is 254 g/mol. The quantitative estimate of drug-likeness (QED) is 0.633. The summed E-state index contributed by atoms with van der Waals surface area (Å²) in [5.41, 5.74) is 0. The molecule has 0 aliphatic heterocycles. The van der Waals surface area contributed by atoms with Gasteiger partial charge in [-0.25, -0.2) is 0 Å². The van der Waals surface area contributed by atoms with E-state index < -0.39 is 18.7 Å². The van der Waals surface area contributed by atoms with Crippen molar-refractivity contribution >= 4 is 0 Å². The standard InChI is InChI=1S/3FH.O.Ta/h3*1H;;/q;;;;+3/p-3. The van der Waals surface area contributed by atoms with Crippen LogP contribution in [-0.4, -0.2) is 0 Å². The molecule has 0 spiro atoms. The number of hydrogen-bond donors (Lipinski definition) is 0. The zero-order valence-electron chi connectivity index (χ0n) is 1.99. The maximum atomic E-state index is 10.0. The maximum absolute atomic E-state index is 10.0. The Labute approximate surface area is 31.8 Å². The van der Waals surface area contributed by atoms with Gasteiger partial charge in [0.15, 0.2) is 0 Å². The molecule has 0 aliphatic carbocycles. The van der Waals surface area contributed by atoms with Crippen LogP contribution >= 0.6 is 0 Å². The van der Waals surface area contributed by atoms with Crippen LogP contribution in [0.2, 0.25) is 0 Å². The van der Waals surface area contributed by atoms with Crippen molar-refractivity contribution in [3.63, 3.8) is 0 Å². The predicted octanol–water partition coefficient (Wildman–Crippen LogP) is 1.14. The first-order chi connectivity index (χ1) is 2.00. The molecule has 0 heterocycles. The van der Waals surface area contributed by atoms with Gasteiger partial charge in [0.25, 0.3) is 0 Å². The molecule has 5 heteroatoms. The van der Waals surface area contributed by atoms with E-state index >= 15 is 0 Å². The second-order valence-electron chi connectivity index (χ2n) is 0.399. The van der Waals surface area contributed by atoms with Crippen LogP contribution in [0.1, 0.15) is 0 Å².